The van der Waals surface area contributed by atoms with Gasteiger partial charge in [0.05, 0.1) is 19.6 Å². The Morgan fingerprint density at radius 2 is 1.78 bits per heavy atom. The maximum absolute atomic E-state index is 11.9. The van der Waals surface area contributed by atoms with Gasteiger partial charge in [0, 0.05) is 5.56 Å². The molecule has 0 aliphatic rings. The van der Waals surface area contributed by atoms with Crippen LogP contribution in [-0.4, -0.2) is 24.9 Å². The average molecular weight is 249 g/mol. The molecule has 1 unspecified atom stereocenters. The van der Waals surface area contributed by atoms with Crippen molar-refractivity contribution >= 4 is 11.8 Å². The molecule has 0 aliphatic carbocycles. The van der Waals surface area contributed by atoms with Crippen LogP contribution in [0, 0.1) is 0 Å². The first-order valence-electron chi connectivity index (χ1n) is 5.92. The number of methoxy groups -OCH3 is 1. The van der Waals surface area contributed by atoms with Crippen LogP contribution in [0.25, 0.3) is 0 Å². The fourth-order valence-electron chi connectivity index (χ4n) is 1.60. The number of ketones is 1. The van der Waals surface area contributed by atoms with Gasteiger partial charge >= 0.3 is 5.97 Å². The van der Waals surface area contributed by atoms with E-state index in [9.17, 15) is 9.59 Å². The Bertz CT molecular complexity index is 423. The van der Waals surface area contributed by atoms with Crippen LogP contribution < -0.4 is 5.73 Å². The minimum absolute atomic E-state index is 0.0960. The van der Waals surface area contributed by atoms with Crippen molar-refractivity contribution in [2.75, 3.05) is 7.11 Å². The molecule has 0 saturated carbocycles. The first-order valence-corrected chi connectivity index (χ1v) is 5.92. The molecule has 0 aromatic heterocycles. The van der Waals surface area contributed by atoms with Gasteiger partial charge in [-0.05, 0) is 11.5 Å². The summed E-state index contributed by atoms with van der Waals surface area (Å²) in [5.41, 5.74) is 7.36. The lowest BCUT2D eigenvalue weighted by Gasteiger charge is -2.10. The van der Waals surface area contributed by atoms with E-state index in [1.54, 1.807) is 12.1 Å². The zero-order valence-electron chi connectivity index (χ0n) is 11.0. The van der Waals surface area contributed by atoms with Crippen LogP contribution in [0.3, 0.4) is 0 Å². The molecule has 1 aromatic carbocycles. The quantitative estimate of drug-likeness (QED) is 0.639. The summed E-state index contributed by atoms with van der Waals surface area (Å²) in [5, 5.41) is 0. The number of carbonyl (C=O) groups is 2. The second kappa shape index (κ2) is 6.31. The third-order valence-corrected chi connectivity index (χ3v) is 2.81. The Labute approximate surface area is 107 Å². The van der Waals surface area contributed by atoms with Crippen molar-refractivity contribution in [1.82, 2.24) is 0 Å². The van der Waals surface area contributed by atoms with E-state index in [-0.39, 0.29) is 12.2 Å². The lowest BCUT2D eigenvalue weighted by atomic mass is 9.97. The van der Waals surface area contributed by atoms with Crippen molar-refractivity contribution in [3.8, 4) is 0 Å². The third kappa shape index (κ3) is 3.67. The average Bonchev–Trinajstić information content (AvgIpc) is 2.37. The molecule has 0 heterocycles. The van der Waals surface area contributed by atoms with Gasteiger partial charge in [-0.3, -0.25) is 9.59 Å². The number of esters is 1. The summed E-state index contributed by atoms with van der Waals surface area (Å²) in [7, 11) is 1.27. The monoisotopic (exact) mass is 249 g/mol. The lowest BCUT2D eigenvalue weighted by molar-refractivity contribution is -0.140. The number of ether oxygens (including phenoxy) is 1. The van der Waals surface area contributed by atoms with E-state index < -0.39 is 12.0 Å². The molecular formula is C14H19NO3. The van der Waals surface area contributed by atoms with Crippen molar-refractivity contribution in [1.29, 1.82) is 0 Å². The molecule has 1 aromatic rings. The predicted molar refractivity (Wildman–Crippen MR) is 69.5 cm³/mol. The van der Waals surface area contributed by atoms with Gasteiger partial charge in [-0.2, -0.15) is 0 Å². The van der Waals surface area contributed by atoms with Crippen LogP contribution in [0.2, 0.25) is 0 Å². The third-order valence-electron chi connectivity index (χ3n) is 2.81. The smallest absolute Gasteiger partial charge is 0.307 e. The number of Topliss-reactive ketones (excluding diaryl/α,β-unsaturated/α-hetero) is 1. The van der Waals surface area contributed by atoms with E-state index in [4.69, 9.17) is 5.73 Å². The van der Waals surface area contributed by atoms with Crippen LogP contribution in [0.1, 0.15) is 42.1 Å². The van der Waals surface area contributed by atoms with E-state index in [1.807, 2.05) is 12.1 Å². The highest BCUT2D eigenvalue weighted by molar-refractivity contribution is 6.01. The summed E-state index contributed by atoms with van der Waals surface area (Å²) in [5.74, 6) is -0.303. The van der Waals surface area contributed by atoms with Gasteiger partial charge in [-0.15, -0.1) is 0 Å². The van der Waals surface area contributed by atoms with Crippen molar-refractivity contribution in [3.05, 3.63) is 35.4 Å². The van der Waals surface area contributed by atoms with Crippen LogP contribution in [0.5, 0.6) is 0 Å². The zero-order chi connectivity index (χ0) is 13.7. The summed E-state index contributed by atoms with van der Waals surface area (Å²) in [6.45, 7) is 4.17. The van der Waals surface area contributed by atoms with Gasteiger partial charge in [0.1, 0.15) is 0 Å². The van der Waals surface area contributed by atoms with Crippen molar-refractivity contribution < 1.29 is 14.3 Å². The normalized spacial score (nSPS) is 12.3. The molecule has 0 fully saturated rings. The fraction of sp³-hybridized carbons (Fsp3) is 0.429. The van der Waals surface area contributed by atoms with Gasteiger partial charge in [0.15, 0.2) is 5.78 Å². The minimum atomic E-state index is -0.845. The Balaban J connectivity index is 2.74. The minimum Gasteiger partial charge on any atom is -0.469 e. The lowest BCUT2D eigenvalue weighted by Crippen LogP contribution is -2.33. The topological polar surface area (TPSA) is 69.4 Å². The molecule has 4 heteroatoms. The first kappa shape index (κ1) is 14.4. The van der Waals surface area contributed by atoms with E-state index >= 15 is 0 Å². The summed E-state index contributed by atoms with van der Waals surface area (Å²) < 4.78 is 4.49. The van der Waals surface area contributed by atoms with Crippen LogP contribution in [0.15, 0.2) is 24.3 Å². The van der Waals surface area contributed by atoms with Crippen LogP contribution in [0.4, 0.5) is 0 Å². The van der Waals surface area contributed by atoms with Crippen molar-refractivity contribution in [3.63, 3.8) is 0 Å². The number of benzene rings is 1. The Kier molecular flexibility index (Phi) is 5.04. The van der Waals surface area contributed by atoms with Crippen molar-refractivity contribution in [2.45, 2.75) is 32.2 Å². The number of hydrogen-bond donors (Lipinski definition) is 1. The maximum atomic E-state index is 11.9. The number of hydrogen-bond acceptors (Lipinski definition) is 4. The van der Waals surface area contributed by atoms with Crippen molar-refractivity contribution in [2.24, 2.45) is 5.73 Å². The summed E-state index contributed by atoms with van der Waals surface area (Å²) >= 11 is 0. The maximum Gasteiger partial charge on any atom is 0.307 e. The van der Waals surface area contributed by atoms with Gasteiger partial charge in [0.2, 0.25) is 0 Å². The molecule has 4 nitrogen and oxygen atoms in total. The molecule has 0 amide bonds. The van der Waals surface area contributed by atoms with Crippen LogP contribution in [-0.2, 0) is 9.53 Å². The predicted octanol–water partition coefficient (Wildman–Crippen LogP) is 1.88. The number of nitrogens with two attached hydrogens (primary N) is 1. The van der Waals surface area contributed by atoms with Crippen LogP contribution >= 0.6 is 0 Å². The molecule has 0 aliphatic heterocycles. The second-order valence-corrected chi connectivity index (χ2v) is 4.53. The number of carbonyl (C=O) groups excluding carboxylic acids is 2. The fourth-order valence-corrected chi connectivity index (χ4v) is 1.60. The highest BCUT2D eigenvalue weighted by atomic mass is 16.5. The Morgan fingerprint density at radius 1 is 1.22 bits per heavy atom. The first-order chi connectivity index (χ1) is 8.45. The van der Waals surface area contributed by atoms with Gasteiger partial charge in [-0.1, -0.05) is 38.1 Å². The number of rotatable bonds is 5. The van der Waals surface area contributed by atoms with E-state index in [1.165, 1.54) is 7.11 Å². The highest BCUT2D eigenvalue weighted by Gasteiger charge is 2.19. The SMILES string of the molecule is COC(=O)CC(N)C(=O)c1ccc(C(C)C)cc1. The van der Waals surface area contributed by atoms with Gasteiger partial charge in [-0.25, -0.2) is 0 Å². The molecule has 0 saturated heterocycles. The molecule has 0 spiro atoms. The standard InChI is InChI=1S/C14H19NO3/c1-9(2)10-4-6-11(7-5-10)14(17)12(15)8-13(16)18-3/h4-7,9,12H,8,15H2,1-3H3. The Hall–Kier alpha value is -1.68. The zero-order valence-corrected chi connectivity index (χ0v) is 11.0. The molecule has 1 rings (SSSR count). The molecule has 1 atom stereocenters. The van der Waals surface area contributed by atoms with Gasteiger partial charge in [0.25, 0.3) is 0 Å². The van der Waals surface area contributed by atoms with E-state index in [0.29, 0.717) is 11.5 Å². The van der Waals surface area contributed by atoms with E-state index in [2.05, 4.69) is 18.6 Å². The summed E-state index contributed by atoms with van der Waals surface area (Å²) in [6.07, 6.45) is -0.0960. The molecular weight excluding hydrogens is 230 g/mol. The second-order valence-electron chi connectivity index (χ2n) is 4.53. The summed E-state index contributed by atoms with van der Waals surface area (Å²) in [6, 6.07) is 6.46. The Morgan fingerprint density at radius 3 is 2.22 bits per heavy atom. The molecule has 0 bridgehead atoms. The summed E-state index contributed by atoms with van der Waals surface area (Å²) in [4.78, 5) is 23.0. The van der Waals surface area contributed by atoms with Gasteiger partial charge < -0.3 is 10.5 Å². The highest BCUT2D eigenvalue weighted by Crippen LogP contribution is 2.15. The molecule has 0 radical (unpaired) electrons. The van der Waals surface area contributed by atoms with E-state index in [0.717, 1.165) is 5.56 Å². The molecule has 2 N–H and O–H groups in total. The largest absolute Gasteiger partial charge is 0.469 e. The molecule has 98 valence electrons. The molecule has 18 heavy (non-hydrogen) atoms.